The Morgan fingerprint density at radius 2 is 1.75 bits per heavy atom. The summed E-state index contributed by atoms with van der Waals surface area (Å²) < 4.78 is 7.16. The van der Waals surface area contributed by atoms with E-state index in [0.29, 0.717) is 32.1 Å². The minimum Gasteiger partial charge on any atom is -0.457 e. The average molecular weight is 391 g/mol. The number of ether oxygens (including phenoxy) is 1. The molecule has 0 bridgehead atoms. The molecule has 7 heteroatoms. The molecule has 0 radical (unpaired) electrons. The summed E-state index contributed by atoms with van der Waals surface area (Å²) in [6.45, 7) is 1.77. The van der Waals surface area contributed by atoms with Gasteiger partial charge in [0, 0.05) is 12.7 Å². The van der Waals surface area contributed by atoms with Gasteiger partial charge in [-0.25, -0.2) is 4.98 Å². The Morgan fingerprint density at radius 1 is 1.07 bits per heavy atom. The second-order valence-corrected chi connectivity index (χ2v) is 7.29. The van der Waals surface area contributed by atoms with Gasteiger partial charge in [-0.1, -0.05) is 18.2 Å². The molecule has 0 spiro atoms. The Kier molecular flexibility index (Phi) is 4.67. The molecule has 0 saturated heterocycles. The Morgan fingerprint density at radius 3 is 2.46 bits per heavy atom. The summed E-state index contributed by atoms with van der Waals surface area (Å²) in [6.07, 6.45) is 1.47. The number of rotatable bonds is 4. The molecule has 0 aliphatic rings. The van der Waals surface area contributed by atoms with Crippen LogP contribution in [0, 0.1) is 6.92 Å². The molecule has 0 saturated carbocycles. The minimum atomic E-state index is -0.265. The molecule has 0 aliphatic heterocycles. The summed E-state index contributed by atoms with van der Waals surface area (Å²) in [6, 6.07) is 16.6. The highest BCUT2D eigenvalue weighted by Gasteiger charge is 2.19. The number of carbonyl (C=O) groups is 1. The van der Waals surface area contributed by atoms with E-state index in [1.54, 1.807) is 38.2 Å². The van der Waals surface area contributed by atoms with E-state index in [0.717, 1.165) is 5.75 Å². The number of hydrogen-bond acceptors (Lipinski definition) is 5. The largest absolute Gasteiger partial charge is 0.457 e. The Bertz CT molecular complexity index is 1210. The lowest BCUT2D eigenvalue weighted by Gasteiger charge is -2.08. The van der Waals surface area contributed by atoms with Gasteiger partial charge in [0.25, 0.3) is 11.5 Å². The van der Waals surface area contributed by atoms with Crippen LogP contribution in [0.25, 0.3) is 10.2 Å². The van der Waals surface area contributed by atoms with E-state index >= 15 is 0 Å². The molecular formula is C21H17N3O3S. The zero-order valence-electron chi connectivity index (χ0n) is 15.3. The maximum absolute atomic E-state index is 12.7. The first-order valence-corrected chi connectivity index (χ1v) is 9.43. The maximum Gasteiger partial charge on any atom is 0.266 e. The van der Waals surface area contributed by atoms with Crippen molar-refractivity contribution < 1.29 is 9.53 Å². The van der Waals surface area contributed by atoms with Crippen molar-refractivity contribution >= 4 is 33.1 Å². The van der Waals surface area contributed by atoms with E-state index in [9.17, 15) is 9.59 Å². The summed E-state index contributed by atoms with van der Waals surface area (Å²) in [5, 5.41) is 3.36. The molecule has 1 N–H and O–H groups in total. The highest BCUT2D eigenvalue weighted by atomic mass is 32.1. The third kappa shape index (κ3) is 3.39. The number of nitrogens with one attached hydrogen (secondary N) is 1. The second kappa shape index (κ2) is 7.28. The molecule has 2 heterocycles. The summed E-state index contributed by atoms with van der Waals surface area (Å²) in [7, 11) is 1.64. The molecule has 2 aromatic carbocycles. The zero-order chi connectivity index (χ0) is 19.7. The summed E-state index contributed by atoms with van der Waals surface area (Å²) >= 11 is 1.22. The molecular weight excluding hydrogens is 374 g/mol. The van der Waals surface area contributed by atoms with Crippen LogP contribution in [-0.4, -0.2) is 15.5 Å². The van der Waals surface area contributed by atoms with Crippen LogP contribution in [0.5, 0.6) is 11.5 Å². The van der Waals surface area contributed by atoms with Crippen LogP contribution in [0.1, 0.15) is 15.2 Å². The molecule has 1 amide bonds. The molecule has 2 aromatic heterocycles. The summed E-state index contributed by atoms with van der Waals surface area (Å²) in [5.41, 5.74) is 1.14. The molecule has 0 atom stereocenters. The van der Waals surface area contributed by atoms with Gasteiger partial charge in [-0.05, 0) is 48.9 Å². The van der Waals surface area contributed by atoms with Crippen molar-refractivity contribution in [2.45, 2.75) is 6.92 Å². The lowest BCUT2D eigenvalue weighted by molar-refractivity contribution is 0.103. The first-order chi connectivity index (χ1) is 13.5. The van der Waals surface area contributed by atoms with Gasteiger partial charge in [-0.15, -0.1) is 11.3 Å². The molecule has 0 fully saturated rings. The van der Waals surface area contributed by atoms with E-state index in [1.807, 2.05) is 30.3 Å². The Balaban J connectivity index is 1.54. The highest BCUT2D eigenvalue weighted by Crippen LogP contribution is 2.28. The Hall–Kier alpha value is -3.45. The molecule has 140 valence electrons. The van der Waals surface area contributed by atoms with E-state index in [1.165, 1.54) is 22.2 Å². The van der Waals surface area contributed by atoms with Crippen LogP contribution in [-0.2, 0) is 7.05 Å². The van der Waals surface area contributed by atoms with Crippen molar-refractivity contribution in [1.29, 1.82) is 0 Å². The first-order valence-electron chi connectivity index (χ1n) is 8.62. The average Bonchev–Trinajstić information content (AvgIpc) is 3.04. The van der Waals surface area contributed by atoms with Gasteiger partial charge >= 0.3 is 0 Å². The number of aromatic nitrogens is 2. The van der Waals surface area contributed by atoms with Crippen molar-refractivity contribution in [1.82, 2.24) is 9.55 Å². The monoisotopic (exact) mass is 391 g/mol. The molecule has 4 aromatic rings. The normalized spacial score (nSPS) is 10.8. The van der Waals surface area contributed by atoms with Gasteiger partial charge in [-0.3, -0.25) is 9.59 Å². The van der Waals surface area contributed by atoms with Crippen molar-refractivity contribution in [3.05, 3.63) is 81.7 Å². The van der Waals surface area contributed by atoms with Crippen LogP contribution >= 0.6 is 11.3 Å². The van der Waals surface area contributed by atoms with Gasteiger partial charge in [-0.2, -0.15) is 0 Å². The minimum absolute atomic E-state index is 0.153. The van der Waals surface area contributed by atoms with E-state index in [4.69, 9.17) is 4.74 Å². The van der Waals surface area contributed by atoms with Gasteiger partial charge in [0.2, 0.25) is 0 Å². The number of nitrogens with zero attached hydrogens (tertiary/aromatic N) is 2. The smallest absolute Gasteiger partial charge is 0.266 e. The number of anilines is 1. The van der Waals surface area contributed by atoms with Gasteiger partial charge in [0.05, 0.1) is 16.6 Å². The number of benzene rings is 2. The molecule has 28 heavy (non-hydrogen) atoms. The lowest BCUT2D eigenvalue weighted by Crippen LogP contribution is -2.17. The Labute approximate surface area is 165 Å². The predicted octanol–water partition coefficient (Wildman–Crippen LogP) is 4.35. The van der Waals surface area contributed by atoms with Crippen molar-refractivity contribution in [2.75, 3.05) is 5.32 Å². The van der Waals surface area contributed by atoms with E-state index < -0.39 is 0 Å². The standard InChI is InChI=1S/C21H17N3O3S/c1-13-17-20(22-12-24(2)21(17)26)28-18(13)19(25)23-14-8-10-16(11-9-14)27-15-6-4-3-5-7-15/h3-12H,1-2H3,(H,23,25). The molecule has 0 unspecified atom stereocenters. The quantitative estimate of drug-likeness (QED) is 0.561. The first kappa shape index (κ1) is 17.9. The van der Waals surface area contributed by atoms with E-state index in [-0.39, 0.29) is 11.5 Å². The summed E-state index contributed by atoms with van der Waals surface area (Å²) in [4.78, 5) is 30.3. The highest BCUT2D eigenvalue weighted by molar-refractivity contribution is 7.20. The fraction of sp³-hybridized carbons (Fsp3) is 0.0952. The zero-order valence-corrected chi connectivity index (χ0v) is 16.1. The van der Waals surface area contributed by atoms with Crippen LogP contribution in [0.2, 0.25) is 0 Å². The predicted molar refractivity (Wildman–Crippen MR) is 111 cm³/mol. The van der Waals surface area contributed by atoms with Crippen molar-refractivity contribution in [3.63, 3.8) is 0 Å². The number of thiophene rings is 1. The van der Waals surface area contributed by atoms with Gasteiger partial charge in [0.15, 0.2) is 0 Å². The van der Waals surface area contributed by atoms with Crippen LogP contribution in [0.3, 0.4) is 0 Å². The fourth-order valence-electron chi connectivity index (χ4n) is 2.84. The number of carbonyl (C=O) groups excluding carboxylic acids is 1. The maximum atomic E-state index is 12.7. The van der Waals surface area contributed by atoms with Crippen LogP contribution < -0.4 is 15.6 Å². The molecule has 0 aliphatic carbocycles. The molecule has 6 nitrogen and oxygen atoms in total. The third-order valence-electron chi connectivity index (χ3n) is 4.31. The van der Waals surface area contributed by atoms with E-state index in [2.05, 4.69) is 10.3 Å². The fourth-order valence-corrected chi connectivity index (χ4v) is 3.88. The number of fused-ring (bicyclic) bond motifs is 1. The number of aryl methyl sites for hydroxylation is 2. The lowest BCUT2D eigenvalue weighted by atomic mass is 10.2. The molecule has 4 rings (SSSR count). The third-order valence-corrected chi connectivity index (χ3v) is 5.51. The number of para-hydroxylation sites is 1. The summed E-state index contributed by atoms with van der Waals surface area (Å²) in [5.74, 6) is 1.16. The topological polar surface area (TPSA) is 73.2 Å². The van der Waals surface area contributed by atoms with Crippen LogP contribution in [0.15, 0.2) is 65.7 Å². The van der Waals surface area contributed by atoms with Crippen LogP contribution in [0.4, 0.5) is 5.69 Å². The van der Waals surface area contributed by atoms with Gasteiger partial charge in [0.1, 0.15) is 16.3 Å². The second-order valence-electron chi connectivity index (χ2n) is 6.29. The number of amides is 1. The van der Waals surface area contributed by atoms with Crippen molar-refractivity contribution in [2.24, 2.45) is 7.05 Å². The number of hydrogen-bond donors (Lipinski definition) is 1. The SMILES string of the molecule is Cc1c(C(=O)Nc2ccc(Oc3ccccc3)cc2)sc2ncn(C)c(=O)c12. The van der Waals surface area contributed by atoms with Gasteiger partial charge < -0.3 is 14.6 Å². The van der Waals surface area contributed by atoms with Crippen molar-refractivity contribution in [3.8, 4) is 11.5 Å².